The summed E-state index contributed by atoms with van der Waals surface area (Å²) < 4.78 is 1.73. The van der Waals surface area contributed by atoms with Crippen molar-refractivity contribution in [3.63, 3.8) is 0 Å². The van der Waals surface area contributed by atoms with E-state index in [1.807, 2.05) is 6.07 Å². The van der Waals surface area contributed by atoms with Gasteiger partial charge in [0.05, 0.1) is 12.7 Å². The molecule has 2 heterocycles. The number of benzene rings is 1. The number of aromatic nitrogens is 2. The summed E-state index contributed by atoms with van der Waals surface area (Å²) in [5, 5.41) is 11.8. The maximum atomic E-state index is 12.5. The average Bonchev–Trinajstić information content (AvgIpc) is 2.97. The maximum absolute atomic E-state index is 12.5. The Labute approximate surface area is 163 Å². The van der Waals surface area contributed by atoms with E-state index in [9.17, 15) is 4.79 Å². The van der Waals surface area contributed by atoms with Crippen molar-refractivity contribution in [2.45, 2.75) is 32.4 Å². The number of anilines is 1. The second kappa shape index (κ2) is 8.90. The molecule has 2 N–H and O–H groups in total. The molecule has 0 bridgehead atoms. The molecule has 1 fully saturated rings. The molecule has 0 saturated carbocycles. The highest BCUT2D eigenvalue weighted by Crippen LogP contribution is 2.23. The Hall–Kier alpha value is -1.27. The number of rotatable bonds is 4. The van der Waals surface area contributed by atoms with Crippen molar-refractivity contribution in [3.8, 4) is 0 Å². The molecular formula is C17H21Cl3N4O. The standard InChI is InChI=1S/C17H20Cl2N4O.ClH/c1-11-8-12(4-6-20-11)17(24)22-16-5-7-21-23(16)10-13-2-3-14(18)9-15(13)19;/h2-3,5,7,9,11-12,20H,4,6,8,10H2,1H3,(H,22,24);1H/t11-,12-;/m0./s1. The lowest BCUT2D eigenvalue weighted by Crippen LogP contribution is -2.40. The SMILES string of the molecule is C[C@H]1C[C@@H](C(=O)Nc2ccnn2Cc2ccc(Cl)cc2Cl)CCN1.Cl. The van der Waals surface area contributed by atoms with Crippen LogP contribution >= 0.6 is 35.6 Å². The van der Waals surface area contributed by atoms with Crippen LogP contribution in [0.2, 0.25) is 10.0 Å². The quantitative estimate of drug-likeness (QED) is 0.811. The number of hydrogen-bond donors (Lipinski definition) is 2. The molecule has 2 aromatic rings. The van der Waals surface area contributed by atoms with Crippen molar-refractivity contribution < 1.29 is 4.79 Å². The van der Waals surface area contributed by atoms with Crippen molar-refractivity contribution in [1.29, 1.82) is 0 Å². The zero-order chi connectivity index (χ0) is 17.1. The monoisotopic (exact) mass is 402 g/mol. The molecule has 0 spiro atoms. The minimum Gasteiger partial charge on any atom is -0.314 e. The van der Waals surface area contributed by atoms with Crippen LogP contribution in [-0.2, 0) is 11.3 Å². The first-order valence-electron chi connectivity index (χ1n) is 8.03. The van der Waals surface area contributed by atoms with E-state index >= 15 is 0 Å². The smallest absolute Gasteiger partial charge is 0.228 e. The first kappa shape index (κ1) is 20.0. The molecule has 8 heteroatoms. The minimum absolute atomic E-state index is 0. The van der Waals surface area contributed by atoms with E-state index < -0.39 is 0 Å². The highest BCUT2D eigenvalue weighted by Gasteiger charge is 2.25. The summed E-state index contributed by atoms with van der Waals surface area (Å²) in [6, 6.07) is 7.53. The molecule has 136 valence electrons. The van der Waals surface area contributed by atoms with Gasteiger partial charge in [-0.2, -0.15) is 5.10 Å². The third kappa shape index (κ3) is 5.11. The summed E-state index contributed by atoms with van der Waals surface area (Å²) >= 11 is 12.2. The summed E-state index contributed by atoms with van der Waals surface area (Å²) in [7, 11) is 0. The van der Waals surface area contributed by atoms with Crippen molar-refractivity contribution >= 4 is 47.3 Å². The Morgan fingerprint density at radius 3 is 2.92 bits per heavy atom. The molecule has 5 nitrogen and oxygen atoms in total. The molecule has 25 heavy (non-hydrogen) atoms. The van der Waals surface area contributed by atoms with Crippen molar-refractivity contribution in [2.24, 2.45) is 5.92 Å². The van der Waals surface area contributed by atoms with E-state index in [2.05, 4.69) is 22.7 Å². The Morgan fingerprint density at radius 1 is 1.40 bits per heavy atom. The predicted molar refractivity (Wildman–Crippen MR) is 104 cm³/mol. The van der Waals surface area contributed by atoms with Crippen LogP contribution in [0.15, 0.2) is 30.5 Å². The number of piperidine rings is 1. The van der Waals surface area contributed by atoms with E-state index in [1.165, 1.54) is 0 Å². The fourth-order valence-electron chi connectivity index (χ4n) is 2.97. The Kier molecular flexibility index (Phi) is 7.14. The number of amides is 1. The normalized spacial score (nSPS) is 20.0. The molecule has 0 radical (unpaired) electrons. The molecule has 2 atom stereocenters. The molecule has 1 aliphatic heterocycles. The van der Waals surface area contributed by atoms with Crippen LogP contribution in [-0.4, -0.2) is 28.3 Å². The van der Waals surface area contributed by atoms with Gasteiger partial charge in [0, 0.05) is 28.1 Å². The van der Waals surface area contributed by atoms with Crippen LogP contribution < -0.4 is 10.6 Å². The molecule has 3 rings (SSSR count). The van der Waals surface area contributed by atoms with Crippen LogP contribution in [0.1, 0.15) is 25.3 Å². The van der Waals surface area contributed by atoms with Gasteiger partial charge in [0.1, 0.15) is 5.82 Å². The lowest BCUT2D eigenvalue weighted by atomic mass is 9.92. The van der Waals surface area contributed by atoms with Crippen LogP contribution in [0.3, 0.4) is 0 Å². The van der Waals surface area contributed by atoms with E-state index in [-0.39, 0.29) is 24.2 Å². The van der Waals surface area contributed by atoms with E-state index in [0.717, 1.165) is 24.9 Å². The van der Waals surface area contributed by atoms with Gasteiger partial charge in [-0.1, -0.05) is 29.3 Å². The van der Waals surface area contributed by atoms with Crippen LogP contribution in [0.4, 0.5) is 5.82 Å². The van der Waals surface area contributed by atoms with Crippen molar-refractivity contribution in [1.82, 2.24) is 15.1 Å². The summed E-state index contributed by atoms with van der Waals surface area (Å²) in [4.78, 5) is 12.5. The molecule has 1 amide bonds. The molecule has 1 aromatic heterocycles. The molecule has 1 saturated heterocycles. The highest BCUT2D eigenvalue weighted by atomic mass is 35.5. The molecule has 0 aliphatic carbocycles. The third-order valence-corrected chi connectivity index (χ3v) is 4.88. The predicted octanol–water partition coefficient (Wildman–Crippen LogP) is 3.99. The summed E-state index contributed by atoms with van der Waals surface area (Å²) in [5.74, 6) is 0.758. The lowest BCUT2D eigenvalue weighted by Gasteiger charge is -2.27. The maximum Gasteiger partial charge on any atom is 0.228 e. The highest BCUT2D eigenvalue weighted by molar-refractivity contribution is 6.35. The molecule has 1 aromatic carbocycles. The van der Waals surface area contributed by atoms with Gasteiger partial charge in [-0.15, -0.1) is 12.4 Å². The van der Waals surface area contributed by atoms with Gasteiger partial charge >= 0.3 is 0 Å². The zero-order valence-electron chi connectivity index (χ0n) is 13.8. The Balaban J connectivity index is 0.00000225. The Bertz CT molecular complexity index is 734. The molecule has 0 unspecified atom stereocenters. The zero-order valence-corrected chi connectivity index (χ0v) is 16.2. The van der Waals surface area contributed by atoms with Crippen molar-refractivity contribution in [3.05, 3.63) is 46.1 Å². The van der Waals surface area contributed by atoms with Crippen LogP contribution in [0, 0.1) is 5.92 Å². The fraction of sp³-hybridized carbons (Fsp3) is 0.412. The number of carbonyl (C=O) groups is 1. The van der Waals surface area contributed by atoms with Gasteiger partial charge < -0.3 is 10.6 Å². The van der Waals surface area contributed by atoms with E-state index in [0.29, 0.717) is 28.4 Å². The number of halogens is 3. The van der Waals surface area contributed by atoms with Crippen molar-refractivity contribution in [2.75, 3.05) is 11.9 Å². The summed E-state index contributed by atoms with van der Waals surface area (Å²) in [5.41, 5.74) is 0.899. The van der Waals surface area contributed by atoms with Gasteiger partial charge in [0.2, 0.25) is 5.91 Å². The summed E-state index contributed by atoms with van der Waals surface area (Å²) in [6.07, 6.45) is 3.38. The fourth-order valence-corrected chi connectivity index (χ4v) is 3.44. The molecular weight excluding hydrogens is 383 g/mol. The minimum atomic E-state index is 0. The topological polar surface area (TPSA) is 59.0 Å². The number of nitrogens with zero attached hydrogens (tertiary/aromatic N) is 2. The van der Waals surface area contributed by atoms with Gasteiger partial charge in [0.25, 0.3) is 0 Å². The van der Waals surface area contributed by atoms with Crippen LogP contribution in [0.5, 0.6) is 0 Å². The second-order valence-electron chi connectivity index (χ2n) is 6.18. The first-order valence-corrected chi connectivity index (χ1v) is 8.78. The van der Waals surface area contributed by atoms with Crippen LogP contribution in [0.25, 0.3) is 0 Å². The van der Waals surface area contributed by atoms with Gasteiger partial charge in [-0.05, 0) is 44.0 Å². The Morgan fingerprint density at radius 2 is 2.20 bits per heavy atom. The molecule has 1 aliphatic rings. The largest absolute Gasteiger partial charge is 0.314 e. The van der Waals surface area contributed by atoms with Gasteiger partial charge in [-0.3, -0.25) is 4.79 Å². The van der Waals surface area contributed by atoms with Gasteiger partial charge in [-0.25, -0.2) is 4.68 Å². The number of carbonyl (C=O) groups excluding carboxylic acids is 1. The summed E-state index contributed by atoms with van der Waals surface area (Å²) in [6.45, 7) is 3.45. The number of nitrogens with one attached hydrogen (secondary N) is 2. The van der Waals surface area contributed by atoms with Gasteiger partial charge in [0.15, 0.2) is 0 Å². The second-order valence-corrected chi connectivity index (χ2v) is 7.02. The third-order valence-electron chi connectivity index (χ3n) is 4.30. The average molecular weight is 404 g/mol. The van der Waals surface area contributed by atoms with E-state index in [4.69, 9.17) is 23.2 Å². The number of hydrogen-bond acceptors (Lipinski definition) is 3. The van der Waals surface area contributed by atoms with E-state index in [1.54, 1.807) is 29.1 Å². The first-order chi connectivity index (χ1) is 11.5. The lowest BCUT2D eigenvalue weighted by molar-refractivity contribution is -0.120.